The topological polar surface area (TPSA) is 22.1 Å². The highest BCUT2D eigenvalue weighted by molar-refractivity contribution is 5.59. The Morgan fingerprint density at radius 2 is 1.38 bits per heavy atom. The Labute approximate surface area is 234 Å². The number of ether oxygens (including phenoxy) is 1. The summed E-state index contributed by atoms with van der Waals surface area (Å²) in [6.45, 7) is 2.07. The molecule has 3 aromatic carbocycles. The number of hydrogen-bond acceptors (Lipinski definition) is 2. The Balaban J connectivity index is 1.51. The lowest BCUT2D eigenvalue weighted by Gasteiger charge is -2.19. The Bertz CT molecular complexity index is 1590. The van der Waals surface area contributed by atoms with Crippen molar-refractivity contribution in [2.24, 2.45) is 0 Å². The van der Waals surface area contributed by atoms with Crippen LogP contribution in [0.25, 0.3) is 11.3 Å². The molecule has 11 heteroatoms. The second kappa shape index (κ2) is 12.2. The van der Waals surface area contributed by atoms with Gasteiger partial charge >= 0.3 is 12.3 Å². The van der Waals surface area contributed by atoms with Crippen LogP contribution in [0.4, 0.5) is 39.5 Å². The van der Waals surface area contributed by atoms with Crippen LogP contribution < -0.4 is 4.74 Å². The van der Waals surface area contributed by atoms with E-state index in [2.05, 4.69) is 16.6 Å². The molecule has 0 saturated carbocycles. The maximum Gasteiger partial charge on any atom is 0.426 e. The molecule has 0 fully saturated rings. The molecule has 0 atom stereocenters. The van der Waals surface area contributed by atoms with Gasteiger partial charge in [0, 0.05) is 29.5 Å². The number of benzene rings is 3. The first kappa shape index (κ1) is 30.5. The van der Waals surface area contributed by atoms with Gasteiger partial charge in [-0.05, 0) is 48.7 Å². The van der Waals surface area contributed by atoms with Crippen molar-refractivity contribution >= 4 is 0 Å². The van der Waals surface area contributed by atoms with Crippen LogP contribution in [-0.4, -0.2) is 4.98 Å². The molecule has 0 aliphatic heterocycles. The van der Waals surface area contributed by atoms with Crippen LogP contribution in [-0.2, 0) is 18.7 Å². The molecule has 0 radical (unpaired) electrons. The van der Waals surface area contributed by atoms with Gasteiger partial charge in [-0.25, -0.2) is 17.6 Å². The summed E-state index contributed by atoms with van der Waals surface area (Å²) in [5.74, 6) is -3.87. The van der Waals surface area contributed by atoms with Crippen molar-refractivity contribution in [1.29, 1.82) is 0 Å². The van der Waals surface area contributed by atoms with Gasteiger partial charge in [0.05, 0.1) is 16.8 Å². The average Bonchev–Trinajstić information content (AvgIpc) is 2.90. The van der Waals surface area contributed by atoms with E-state index in [0.717, 1.165) is 37.0 Å². The highest BCUT2D eigenvalue weighted by atomic mass is 19.4. The van der Waals surface area contributed by atoms with E-state index in [1.165, 1.54) is 12.1 Å². The Morgan fingerprint density at radius 3 is 1.90 bits per heavy atom. The normalized spacial score (nSPS) is 11.7. The molecular weight excluding hydrogens is 573 g/mol. The molecule has 42 heavy (non-hydrogen) atoms. The largest absolute Gasteiger partial charge is 0.429 e. The monoisotopic (exact) mass is 593 g/mol. The van der Waals surface area contributed by atoms with E-state index in [1.54, 1.807) is 12.3 Å². The fraction of sp³-hybridized carbons (Fsp3) is 0.194. The minimum absolute atomic E-state index is 0.247. The van der Waals surface area contributed by atoms with E-state index in [-0.39, 0.29) is 12.1 Å². The summed E-state index contributed by atoms with van der Waals surface area (Å²) in [4.78, 5) is 4.35. The first-order chi connectivity index (χ1) is 19.8. The number of alkyl halides is 5. The zero-order valence-electron chi connectivity index (χ0n) is 21.7. The van der Waals surface area contributed by atoms with Gasteiger partial charge in [0.2, 0.25) is 0 Å². The summed E-state index contributed by atoms with van der Waals surface area (Å²) in [6, 6.07) is 9.97. The Morgan fingerprint density at radius 1 is 0.762 bits per heavy atom. The van der Waals surface area contributed by atoms with Gasteiger partial charge in [0.1, 0.15) is 34.6 Å². The SMILES string of the molecule is CCCCc1ccc(-c2ccc(C(F)(F)Oc3cc(F)c(C#Cc4cc(F)c(C(F)(F)F)c(F)c4)c(F)c3)cc2)nc1. The number of hydrogen-bond donors (Lipinski definition) is 0. The van der Waals surface area contributed by atoms with Gasteiger partial charge in [0.25, 0.3) is 0 Å². The summed E-state index contributed by atoms with van der Waals surface area (Å²) >= 11 is 0. The molecule has 0 saturated heterocycles. The summed E-state index contributed by atoms with van der Waals surface area (Å²) in [7, 11) is 0. The summed E-state index contributed by atoms with van der Waals surface area (Å²) in [6.07, 6.45) is -4.67. The second-order valence-corrected chi connectivity index (χ2v) is 9.18. The third-order valence-corrected chi connectivity index (χ3v) is 6.08. The van der Waals surface area contributed by atoms with Crippen LogP contribution in [0.15, 0.2) is 66.9 Å². The molecule has 0 amide bonds. The van der Waals surface area contributed by atoms with E-state index >= 15 is 0 Å². The molecule has 0 bridgehead atoms. The van der Waals surface area contributed by atoms with Gasteiger partial charge in [-0.1, -0.05) is 43.4 Å². The Hall–Kier alpha value is -4.46. The summed E-state index contributed by atoms with van der Waals surface area (Å²) < 4.78 is 129. The van der Waals surface area contributed by atoms with Crippen molar-refractivity contribution in [2.45, 2.75) is 38.5 Å². The lowest BCUT2D eigenvalue weighted by molar-refractivity contribution is -0.185. The molecule has 1 aromatic heterocycles. The highest BCUT2D eigenvalue weighted by Gasteiger charge is 2.38. The predicted molar refractivity (Wildman–Crippen MR) is 137 cm³/mol. The van der Waals surface area contributed by atoms with E-state index in [9.17, 15) is 39.5 Å². The molecule has 2 nitrogen and oxygen atoms in total. The van der Waals surface area contributed by atoms with Gasteiger partial charge in [-0.2, -0.15) is 22.0 Å². The summed E-state index contributed by atoms with van der Waals surface area (Å²) in [5.41, 5.74) is -2.20. The van der Waals surface area contributed by atoms with Crippen LogP contribution >= 0.6 is 0 Å². The molecule has 0 N–H and O–H groups in total. The van der Waals surface area contributed by atoms with Gasteiger partial charge in [-0.3, -0.25) is 4.98 Å². The first-order valence-corrected chi connectivity index (χ1v) is 12.5. The number of unbranched alkanes of at least 4 members (excludes halogenated alkanes) is 1. The fourth-order valence-electron chi connectivity index (χ4n) is 3.94. The smallest absolute Gasteiger partial charge is 0.426 e. The number of halogens is 9. The van der Waals surface area contributed by atoms with Crippen LogP contribution in [0.1, 0.15) is 47.6 Å². The van der Waals surface area contributed by atoms with Crippen molar-refractivity contribution in [3.8, 4) is 28.8 Å². The number of aromatic nitrogens is 1. The molecule has 0 aliphatic rings. The highest BCUT2D eigenvalue weighted by Crippen LogP contribution is 2.35. The first-order valence-electron chi connectivity index (χ1n) is 12.5. The lowest BCUT2D eigenvalue weighted by atomic mass is 10.1. The van der Waals surface area contributed by atoms with Gasteiger partial charge in [0.15, 0.2) is 0 Å². The average molecular weight is 593 g/mol. The van der Waals surface area contributed by atoms with Crippen molar-refractivity contribution in [2.75, 3.05) is 0 Å². The maximum absolute atomic E-state index is 14.8. The predicted octanol–water partition coefficient (Wildman–Crippen LogP) is 9.19. The number of nitrogens with zero attached hydrogens (tertiary/aromatic N) is 1. The fourth-order valence-corrected chi connectivity index (χ4v) is 3.94. The van der Waals surface area contributed by atoms with E-state index in [4.69, 9.17) is 0 Å². The number of rotatable bonds is 7. The molecule has 218 valence electrons. The van der Waals surface area contributed by atoms with E-state index in [0.29, 0.717) is 23.4 Å². The molecular formula is C31H20F9NO. The summed E-state index contributed by atoms with van der Waals surface area (Å²) in [5, 5.41) is 0. The third kappa shape index (κ3) is 7.05. The standard InChI is InChI=1S/C31H20F9NO/c1-2-3-4-18-6-12-28(41-17-18)20-7-9-21(10-8-20)31(39,40)42-22-15-24(32)23(25(33)16-22)11-5-19-13-26(34)29(27(35)14-19)30(36,37)38/h6-10,12-17H,2-4H2,1H3. The maximum atomic E-state index is 14.8. The van der Waals surface area contributed by atoms with Crippen LogP contribution in [0, 0.1) is 35.1 Å². The molecule has 0 aliphatic carbocycles. The quantitative estimate of drug-likeness (QED) is 0.158. The number of pyridine rings is 1. The van der Waals surface area contributed by atoms with Crippen molar-refractivity contribution < 1.29 is 44.3 Å². The molecule has 0 spiro atoms. The third-order valence-electron chi connectivity index (χ3n) is 6.08. The van der Waals surface area contributed by atoms with Crippen molar-refractivity contribution in [3.05, 3.63) is 118 Å². The lowest BCUT2D eigenvalue weighted by Crippen LogP contribution is -2.22. The van der Waals surface area contributed by atoms with Gasteiger partial charge < -0.3 is 4.74 Å². The zero-order valence-corrected chi connectivity index (χ0v) is 21.7. The molecule has 1 heterocycles. The minimum Gasteiger partial charge on any atom is -0.429 e. The van der Waals surface area contributed by atoms with E-state index in [1.807, 2.05) is 17.9 Å². The van der Waals surface area contributed by atoms with E-state index < -0.39 is 63.6 Å². The Kier molecular flexibility index (Phi) is 8.85. The van der Waals surface area contributed by atoms with Gasteiger partial charge in [-0.15, -0.1) is 0 Å². The molecule has 4 aromatic rings. The van der Waals surface area contributed by atoms with Crippen LogP contribution in [0.2, 0.25) is 0 Å². The second-order valence-electron chi connectivity index (χ2n) is 9.18. The number of aryl methyl sites for hydroxylation is 1. The van der Waals surface area contributed by atoms with Crippen molar-refractivity contribution in [1.82, 2.24) is 4.98 Å². The molecule has 4 rings (SSSR count). The van der Waals surface area contributed by atoms with Crippen molar-refractivity contribution in [3.63, 3.8) is 0 Å². The molecule has 0 unspecified atom stereocenters. The van der Waals surface area contributed by atoms with Crippen LogP contribution in [0.3, 0.4) is 0 Å². The van der Waals surface area contributed by atoms with Crippen LogP contribution in [0.5, 0.6) is 5.75 Å². The minimum atomic E-state index is -5.31. The zero-order chi connectivity index (χ0) is 30.7.